The maximum absolute atomic E-state index is 11.8. The second-order valence-electron chi connectivity index (χ2n) is 4.66. The van der Waals surface area contributed by atoms with Crippen LogP contribution in [0, 0.1) is 5.41 Å². The number of rotatable bonds is 3. The Hall–Kier alpha value is -1.00. The first-order valence-electron chi connectivity index (χ1n) is 4.99. The Morgan fingerprint density at radius 3 is 2.56 bits per heavy atom. The molecule has 0 spiro atoms. The van der Waals surface area contributed by atoms with Crippen molar-refractivity contribution in [1.29, 1.82) is 0 Å². The Kier molecular flexibility index (Phi) is 3.99. The molecule has 0 fully saturated rings. The van der Waals surface area contributed by atoms with Crippen molar-refractivity contribution >= 4 is 17.4 Å². The molecular formula is C11H15ClN2O2. The Morgan fingerprint density at radius 1 is 1.44 bits per heavy atom. The number of carbonyl (C=O) groups excluding carboxylic acids is 1. The lowest BCUT2D eigenvalue weighted by molar-refractivity contribution is -0.125. The Labute approximate surface area is 99.7 Å². The molecule has 1 rings (SSSR count). The van der Waals surface area contributed by atoms with Crippen LogP contribution in [0.3, 0.4) is 0 Å². The van der Waals surface area contributed by atoms with Gasteiger partial charge in [0.15, 0.2) is 5.15 Å². The molecule has 1 aromatic rings. The van der Waals surface area contributed by atoms with Crippen LogP contribution in [0.2, 0.25) is 5.15 Å². The zero-order valence-corrected chi connectivity index (χ0v) is 10.4. The fourth-order valence-corrected chi connectivity index (χ4v) is 1.24. The lowest BCUT2D eigenvalue weighted by atomic mass is 9.88. The van der Waals surface area contributed by atoms with Gasteiger partial charge in [-0.2, -0.15) is 5.10 Å². The zero-order valence-electron chi connectivity index (χ0n) is 9.62. The summed E-state index contributed by atoms with van der Waals surface area (Å²) >= 11 is 5.70. The molecule has 0 radical (unpaired) electrons. The predicted molar refractivity (Wildman–Crippen MR) is 61.1 cm³/mol. The number of carbonyl (C=O) groups is 1. The maximum atomic E-state index is 11.8. The van der Waals surface area contributed by atoms with E-state index in [1.165, 1.54) is 0 Å². The van der Waals surface area contributed by atoms with E-state index < -0.39 is 5.41 Å². The average molecular weight is 243 g/mol. The van der Waals surface area contributed by atoms with E-state index in [2.05, 4.69) is 10.2 Å². The van der Waals surface area contributed by atoms with Gasteiger partial charge in [-0.15, -0.1) is 5.10 Å². The van der Waals surface area contributed by atoms with E-state index in [9.17, 15) is 4.79 Å². The molecule has 0 aliphatic rings. The second-order valence-corrected chi connectivity index (χ2v) is 5.02. The fourth-order valence-electron chi connectivity index (χ4n) is 1.09. The van der Waals surface area contributed by atoms with Crippen LogP contribution in [-0.2, 0) is 17.8 Å². The molecule has 1 aromatic heterocycles. The Bertz CT molecular complexity index is 399. The van der Waals surface area contributed by atoms with Gasteiger partial charge in [0.1, 0.15) is 5.78 Å². The molecule has 0 aliphatic carbocycles. The van der Waals surface area contributed by atoms with Gasteiger partial charge in [0, 0.05) is 11.0 Å². The van der Waals surface area contributed by atoms with Crippen molar-refractivity contribution in [2.75, 3.05) is 0 Å². The number of aliphatic hydroxyl groups is 1. The van der Waals surface area contributed by atoms with E-state index in [1.807, 2.05) is 20.8 Å². The summed E-state index contributed by atoms with van der Waals surface area (Å²) in [6.07, 6.45) is 0.209. The highest BCUT2D eigenvalue weighted by Crippen LogP contribution is 2.18. The summed E-state index contributed by atoms with van der Waals surface area (Å²) < 4.78 is 0. The third-order valence-electron chi connectivity index (χ3n) is 2.22. The molecule has 88 valence electrons. The van der Waals surface area contributed by atoms with Crippen LogP contribution < -0.4 is 0 Å². The summed E-state index contributed by atoms with van der Waals surface area (Å²) in [5.41, 5.74) is 0.627. The standard InChI is InChI=1S/C11H15ClN2O2/c1-11(2,3)9(16)5-8-4-7(6-15)10(12)14-13-8/h4,15H,5-6H2,1-3H3. The molecule has 0 saturated carbocycles. The van der Waals surface area contributed by atoms with Crippen molar-refractivity contribution in [1.82, 2.24) is 10.2 Å². The first-order chi connectivity index (χ1) is 7.34. The van der Waals surface area contributed by atoms with Crippen molar-refractivity contribution < 1.29 is 9.90 Å². The minimum Gasteiger partial charge on any atom is -0.392 e. The van der Waals surface area contributed by atoms with Gasteiger partial charge in [0.05, 0.1) is 18.7 Å². The number of hydrogen-bond acceptors (Lipinski definition) is 4. The molecule has 1 heterocycles. The topological polar surface area (TPSA) is 63.1 Å². The third-order valence-corrected chi connectivity index (χ3v) is 2.54. The van der Waals surface area contributed by atoms with Crippen molar-refractivity contribution in [3.63, 3.8) is 0 Å². The maximum Gasteiger partial charge on any atom is 0.157 e. The quantitative estimate of drug-likeness (QED) is 0.878. The van der Waals surface area contributed by atoms with Gasteiger partial charge in [-0.1, -0.05) is 32.4 Å². The SMILES string of the molecule is CC(C)(C)C(=O)Cc1cc(CO)c(Cl)nn1. The number of aliphatic hydroxyl groups excluding tert-OH is 1. The number of nitrogens with zero attached hydrogens (tertiary/aromatic N) is 2. The van der Waals surface area contributed by atoms with E-state index in [-0.39, 0.29) is 24.0 Å². The summed E-state index contributed by atoms with van der Waals surface area (Å²) in [6.45, 7) is 5.36. The van der Waals surface area contributed by atoms with Crippen LogP contribution in [0.1, 0.15) is 32.0 Å². The number of ketones is 1. The first kappa shape index (κ1) is 13.1. The van der Waals surface area contributed by atoms with Crippen LogP contribution in [0.4, 0.5) is 0 Å². The van der Waals surface area contributed by atoms with Gasteiger partial charge >= 0.3 is 0 Å². The van der Waals surface area contributed by atoms with E-state index in [4.69, 9.17) is 16.7 Å². The molecule has 5 heteroatoms. The highest BCUT2D eigenvalue weighted by molar-refractivity contribution is 6.30. The predicted octanol–water partition coefficient (Wildman–Crippen LogP) is 1.78. The summed E-state index contributed by atoms with van der Waals surface area (Å²) in [4.78, 5) is 11.8. The molecule has 0 aromatic carbocycles. The number of hydrogen-bond donors (Lipinski definition) is 1. The van der Waals surface area contributed by atoms with Crippen LogP contribution in [0.25, 0.3) is 0 Å². The van der Waals surface area contributed by atoms with E-state index in [0.29, 0.717) is 11.3 Å². The third kappa shape index (κ3) is 3.25. The summed E-state index contributed by atoms with van der Waals surface area (Å²) in [6, 6.07) is 1.61. The Balaban J connectivity index is 2.87. The molecule has 0 bridgehead atoms. The minimum atomic E-state index is -0.402. The minimum absolute atomic E-state index is 0.0769. The monoisotopic (exact) mass is 242 g/mol. The summed E-state index contributed by atoms with van der Waals surface area (Å²) in [5.74, 6) is 0.0769. The van der Waals surface area contributed by atoms with Gasteiger partial charge in [0.2, 0.25) is 0 Å². The second kappa shape index (κ2) is 4.89. The Morgan fingerprint density at radius 2 is 2.06 bits per heavy atom. The average Bonchev–Trinajstić information content (AvgIpc) is 2.19. The van der Waals surface area contributed by atoms with Crippen molar-refractivity contribution in [3.05, 3.63) is 22.5 Å². The zero-order chi connectivity index (χ0) is 12.3. The van der Waals surface area contributed by atoms with Gasteiger partial charge in [-0.25, -0.2) is 0 Å². The van der Waals surface area contributed by atoms with Crippen molar-refractivity contribution in [2.24, 2.45) is 5.41 Å². The van der Waals surface area contributed by atoms with Gasteiger partial charge in [0.25, 0.3) is 0 Å². The molecular weight excluding hydrogens is 228 g/mol. The van der Waals surface area contributed by atoms with E-state index in [1.54, 1.807) is 6.07 Å². The van der Waals surface area contributed by atoms with Gasteiger partial charge in [-0.05, 0) is 6.07 Å². The molecule has 0 unspecified atom stereocenters. The highest BCUT2D eigenvalue weighted by atomic mass is 35.5. The lowest BCUT2D eigenvalue weighted by Gasteiger charge is -2.15. The van der Waals surface area contributed by atoms with Crippen LogP contribution in [0.15, 0.2) is 6.07 Å². The summed E-state index contributed by atoms with van der Waals surface area (Å²) in [5, 5.41) is 16.7. The normalized spacial score (nSPS) is 11.6. The number of aromatic nitrogens is 2. The molecule has 1 N–H and O–H groups in total. The summed E-state index contributed by atoms with van der Waals surface area (Å²) in [7, 11) is 0. The molecule has 0 atom stereocenters. The van der Waals surface area contributed by atoms with Gasteiger partial charge in [-0.3, -0.25) is 4.79 Å². The largest absolute Gasteiger partial charge is 0.392 e. The molecule has 0 aliphatic heterocycles. The molecule has 0 amide bonds. The smallest absolute Gasteiger partial charge is 0.157 e. The molecule has 16 heavy (non-hydrogen) atoms. The lowest BCUT2D eigenvalue weighted by Crippen LogP contribution is -2.22. The highest BCUT2D eigenvalue weighted by Gasteiger charge is 2.22. The van der Waals surface area contributed by atoms with E-state index in [0.717, 1.165) is 0 Å². The first-order valence-corrected chi connectivity index (χ1v) is 5.37. The van der Waals surface area contributed by atoms with Crippen LogP contribution in [0.5, 0.6) is 0 Å². The molecule has 4 nitrogen and oxygen atoms in total. The van der Waals surface area contributed by atoms with Crippen molar-refractivity contribution in [3.8, 4) is 0 Å². The number of Topliss-reactive ketones (excluding diaryl/α,β-unsaturated/α-hetero) is 1. The fraction of sp³-hybridized carbons (Fsp3) is 0.545. The van der Waals surface area contributed by atoms with Gasteiger partial charge < -0.3 is 5.11 Å². The molecule has 0 saturated heterocycles. The van der Waals surface area contributed by atoms with Crippen molar-refractivity contribution in [2.45, 2.75) is 33.8 Å². The van der Waals surface area contributed by atoms with Crippen LogP contribution in [-0.4, -0.2) is 21.1 Å². The van der Waals surface area contributed by atoms with Crippen LogP contribution >= 0.6 is 11.6 Å². The number of halogens is 1. The van der Waals surface area contributed by atoms with E-state index >= 15 is 0 Å².